The quantitative estimate of drug-likeness (QED) is 0.708. The molecule has 0 spiro atoms. The van der Waals surface area contributed by atoms with Crippen molar-refractivity contribution < 1.29 is 0 Å². The van der Waals surface area contributed by atoms with Crippen molar-refractivity contribution in [1.29, 1.82) is 5.41 Å². The number of rotatable bonds is 5. The topological polar surface area (TPSA) is 78.9 Å². The van der Waals surface area contributed by atoms with Gasteiger partial charge in [0.05, 0.1) is 17.2 Å². The van der Waals surface area contributed by atoms with Gasteiger partial charge in [-0.25, -0.2) is 4.98 Å². The van der Waals surface area contributed by atoms with Crippen molar-refractivity contribution in [3.8, 4) is 0 Å². The number of benzene rings is 2. The van der Waals surface area contributed by atoms with E-state index < -0.39 is 0 Å². The molecule has 2 aromatic carbocycles. The van der Waals surface area contributed by atoms with Gasteiger partial charge < -0.3 is 16.0 Å². The molecule has 0 fully saturated rings. The van der Waals surface area contributed by atoms with Crippen molar-refractivity contribution in [2.45, 2.75) is 6.54 Å². The Bertz CT molecular complexity index is 887. The van der Waals surface area contributed by atoms with Crippen LogP contribution in [0.3, 0.4) is 0 Å². The predicted molar refractivity (Wildman–Crippen MR) is 99.0 cm³/mol. The minimum Gasteiger partial charge on any atom is -0.404 e. The molecule has 1 aromatic heterocycles. The molecule has 0 bridgehead atoms. The smallest absolute Gasteiger partial charge is 0.147 e. The van der Waals surface area contributed by atoms with Crippen molar-refractivity contribution in [2.75, 3.05) is 11.9 Å². The van der Waals surface area contributed by atoms with Crippen molar-refractivity contribution >= 4 is 28.6 Å². The number of nitrogens with two attached hydrogens (primary N) is 1. The summed E-state index contributed by atoms with van der Waals surface area (Å²) in [5.41, 5.74) is 9.88. The van der Waals surface area contributed by atoms with E-state index in [0.29, 0.717) is 5.57 Å². The molecular weight excluding hydrogens is 298 g/mol. The van der Waals surface area contributed by atoms with E-state index in [9.17, 15) is 0 Å². The van der Waals surface area contributed by atoms with Gasteiger partial charge in [-0.2, -0.15) is 0 Å². The fraction of sp³-hybridized carbons (Fsp3) is 0.105. The summed E-state index contributed by atoms with van der Waals surface area (Å²) < 4.78 is 0. The first-order chi connectivity index (χ1) is 11.7. The molecule has 0 saturated carbocycles. The number of hydrogen-bond donors (Lipinski definition) is 2. The minimum atomic E-state index is 0.656. The number of allylic oxidation sites excluding steroid dienone is 1. The molecule has 3 rings (SSSR count). The highest BCUT2D eigenvalue weighted by Crippen LogP contribution is 2.20. The van der Waals surface area contributed by atoms with Gasteiger partial charge in [0.15, 0.2) is 0 Å². The standard InChI is InChI=1S/C19H19N5/c1-24(13-14-5-3-2-4-6-14)19-12-22-18-9-15(16(10-20)11-21)7-8-17(18)23-19/h2-12,20H,13,21H2,1H3/b16-11+,20-10?. The zero-order valence-electron chi connectivity index (χ0n) is 13.5. The predicted octanol–water partition coefficient (Wildman–Crippen LogP) is 3.22. The minimum absolute atomic E-state index is 0.656. The fourth-order valence-corrected chi connectivity index (χ4v) is 2.53. The van der Waals surface area contributed by atoms with Gasteiger partial charge in [0, 0.05) is 31.6 Å². The van der Waals surface area contributed by atoms with Crippen LogP contribution in [0, 0.1) is 5.41 Å². The number of nitrogens with zero attached hydrogens (tertiary/aromatic N) is 3. The first-order valence-electron chi connectivity index (χ1n) is 7.66. The summed E-state index contributed by atoms with van der Waals surface area (Å²) in [4.78, 5) is 11.3. The summed E-state index contributed by atoms with van der Waals surface area (Å²) in [5, 5.41) is 7.39. The van der Waals surface area contributed by atoms with E-state index in [0.717, 1.165) is 29.0 Å². The van der Waals surface area contributed by atoms with E-state index in [-0.39, 0.29) is 0 Å². The third kappa shape index (κ3) is 3.25. The van der Waals surface area contributed by atoms with Crippen LogP contribution in [-0.2, 0) is 6.54 Å². The van der Waals surface area contributed by atoms with E-state index in [4.69, 9.17) is 11.1 Å². The van der Waals surface area contributed by atoms with Crippen molar-refractivity contribution in [3.05, 3.63) is 72.1 Å². The Labute approximate surface area is 141 Å². The molecule has 5 nitrogen and oxygen atoms in total. The molecule has 3 N–H and O–H groups in total. The van der Waals surface area contributed by atoms with E-state index in [2.05, 4.69) is 27.0 Å². The Morgan fingerprint density at radius 2 is 1.96 bits per heavy atom. The van der Waals surface area contributed by atoms with E-state index >= 15 is 0 Å². The van der Waals surface area contributed by atoms with Crippen LogP contribution in [0.1, 0.15) is 11.1 Å². The molecule has 0 saturated heterocycles. The maximum Gasteiger partial charge on any atom is 0.147 e. The molecule has 0 aliphatic rings. The Morgan fingerprint density at radius 1 is 1.17 bits per heavy atom. The summed E-state index contributed by atoms with van der Waals surface area (Å²) in [7, 11) is 2.00. The summed E-state index contributed by atoms with van der Waals surface area (Å²) >= 11 is 0. The van der Waals surface area contributed by atoms with Gasteiger partial charge >= 0.3 is 0 Å². The summed E-state index contributed by atoms with van der Waals surface area (Å²) in [6, 6.07) is 16.0. The zero-order valence-corrected chi connectivity index (χ0v) is 13.5. The van der Waals surface area contributed by atoms with Crippen molar-refractivity contribution in [3.63, 3.8) is 0 Å². The molecular formula is C19H19N5. The lowest BCUT2D eigenvalue weighted by atomic mass is 10.1. The third-order valence-corrected chi connectivity index (χ3v) is 3.85. The number of nitrogens with one attached hydrogen (secondary N) is 1. The van der Waals surface area contributed by atoms with Crippen LogP contribution in [0.15, 0.2) is 60.9 Å². The SMILES string of the molecule is CN(Cc1ccccc1)c1cnc2cc(/C(C=N)=C/N)ccc2n1. The monoisotopic (exact) mass is 317 g/mol. The van der Waals surface area contributed by atoms with E-state index in [1.807, 2.05) is 43.4 Å². The molecule has 0 atom stereocenters. The van der Waals surface area contributed by atoms with Crippen LogP contribution in [0.4, 0.5) is 5.82 Å². The van der Waals surface area contributed by atoms with Crippen LogP contribution in [0.2, 0.25) is 0 Å². The fourth-order valence-electron chi connectivity index (χ4n) is 2.53. The third-order valence-electron chi connectivity index (χ3n) is 3.85. The average molecular weight is 317 g/mol. The maximum absolute atomic E-state index is 7.39. The Morgan fingerprint density at radius 3 is 2.67 bits per heavy atom. The van der Waals surface area contributed by atoms with Gasteiger partial charge in [-0.3, -0.25) is 4.98 Å². The molecule has 3 aromatic rings. The van der Waals surface area contributed by atoms with Crippen molar-refractivity contribution in [1.82, 2.24) is 9.97 Å². The molecule has 0 amide bonds. The zero-order chi connectivity index (χ0) is 16.9. The lowest BCUT2D eigenvalue weighted by Crippen LogP contribution is -2.17. The molecule has 24 heavy (non-hydrogen) atoms. The second-order valence-corrected chi connectivity index (χ2v) is 5.54. The number of hydrogen-bond acceptors (Lipinski definition) is 5. The highest BCUT2D eigenvalue weighted by Gasteiger charge is 2.07. The lowest BCUT2D eigenvalue weighted by molar-refractivity contribution is 0.897. The van der Waals surface area contributed by atoms with E-state index in [1.165, 1.54) is 18.0 Å². The summed E-state index contributed by atoms with van der Waals surface area (Å²) in [6.45, 7) is 0.771. The van der Waals surface area contributed by atoms with Gasteiger partial charge in [-0.05, 0) is 23.3 Å². The highest BCUT2D eigenvalue weighted by molar-refractivity contribution is 6.08. The van der Waals surface area contributed by atoms with Crippen LogP contribution >= 0.6 is 0 Å². The Hall–Kier alpha value is -3.21. The Balaban J connectivity index is 1.88. The summed E-state index contributed by atoms with van der Waals surface area (Å²) in [5.74, 6) is 0.820. The van der Waals surface area contributed by atoms with Crippen LogP contribution < -0.4 is 10.6 Å². The first-order valence-corrected chi connectivity index (χ1v) is 7.66. The molecule has 1 heterocycles. The largest absolute Gasteiger partial charge is 0.404 e. The number of anilines is 1. The maximum atomic E-state index is 7.39. The second kappa shape index (κ2) is 6.91. The van der Waals surface area contributed by atoms with Crippen LogP contribution in [0.5, 0.6) is 0 Å². The lowest BCUT2D eigenvalue weighted by Gasteiger charge is -2.18. The van der Waals surface area contributed by atoms with Crippen LogP contribution in [-0.4, -0.2) is 23.2 Å². The van der Waals surface area contributed by atoms with E-state index in [1.54, 1.807) is 6.20 Å². The molecule has 5 heteroatoms. The molecule has 0 unspecified atom stereocenters. The molecule has 120 valence electrons. The highest BCUT2D eigenvalue weighted by atomic mass is 15.2. The van der Waals surface area contributed by atoms with Gasteiger partial charge in [0.25, 0.3) is 0 Å². The van der Waals surface area contributed by atoms with Gasteiger partial charge in [0.1, 0.15) is 5.82 Å². The van der Waals surface area contributed by atoms with Crippen LogP contribution in [0.25, 0.3) is 16.6 Å². The normalized spacial score (nSPS) is 11.5. The summed E-state index contributed by atoms with van der Waals surface area (Å²) in [6.07, 6.45) is 4.42. The van der Waals surface area contributed by atoms with Gasteiger partial charge in [-0.1, -0.05) is 36.4 Å². The molecule has 0 radical (unpaired) electrons. The number of aromatic nitrogens is 2. The van der Waals surface area contributed by atoms with Gasteiger partial charge in [-0.15, -0.1) is 0 Å². The average Bonchev–Trinajstić information content (AvgIpc) is 2.63. The first kappa shape index (κ1) is 15.7. The number of fused-ring (bicyclic) bond motifs is 1. The Kier molecular flexibility index (Phi) is 4.52. The van der Waals surface area contributed by atoms with Crippen molar-refractivity contribution in [2.24, 2.45) is 5.73 Å². The second-order valence-electron chi connectivity index (χ2n) is 5.54. The molecule has 0 aliphatic carbocycles. The molecule has 0 aliphatic heterocycles. The van der Waals surface area contributed by atoms with Gasteiger partial charge in [0.2, 0.25) is 0 Å².